The Balaban J connectivity index is 2.12. The van der Waals surface area contributed by atoms with Crippen molar-refractivity contribution in [1.29, 1.82) is 0 Å². The van der Waals surface area contributed by atoms with Crippen LogP contribution < -0.4 is 5.73 Å². The van der Waals surface area contributed by atoms with Gasteiger partial charge in [-0.15, -0.1) is 0 Å². The first-order valence-corrected chi connectivity index (χ1v) is 6.08. The molecule has 17 heavy (non-hydrogen) atoms. The Hall–Kier alpha value is -1.84. The molecule has 3 rings (SSSR count). The lowest BCUT2D eigenvalue weighted by Crippen LogP contribution is -2.04. The summed E-state index contributed by atoms with van der Waals surface area (Å²) in [5, 5.41) is 0. The Morgan fingerprint density at radius 2 is 2.29 bits per heavy atom. The highest BCUT2D eigenvalue weighted by Gasteiger charge is 2.29. The lowest BCUT2D eigenvalue weighted by atomic mass is 10.2. The standard InChI is InChI=1S/C13H16N4/c1-2-11-16-12(9-4-3-7-15-8-9)13(14)17(11)10-5-6-10/h3-4,7-8,10H,2,5-6,14H2,1H3. The Bertz CT molecular complexity index is 526. The topological polar surface area (TPSA) is 56.7 Å². The molecule has 2 aromatic rings. The van der Waals surface area contributed by atoms with E-state index < -0.39 is 0 Å². The molecule has 0 unspecified atom stereocenters. The molecule has 0 atom stereocenters. The number of hydrogen-bond acceptors (Lipinski definition) is 3. The summed E-state index contributed by atoms with van der Waals surface area (Å²) in [6, 6.07) is 4.49. The lowest BCUT2D eigenvalue weighted by molar-refractivity contribution is 0.696. The third-order valence-corrected chi connectivity index (χ3v) is 3.18. The Morgan fingerprint density at radius 3 is 2.88 bits per heavy atom. The van der Waals surface area contributed by atoms with Crippen LogP contribution in [0.25, 0.3) is 11.3 Å². The third-order valence-electron chi connectivity index (χ3n) is 3.18. The minimum absolute atomic E-state index is 0.572. The van der Waals surface area contributed by atoms with Crippen molar-refractivity contribution in [3.05, 3.63) is 30.4 Å². The van der Waals surface area contributed by atoms with Crippen LogP contribution in [0.5, 0.6) is 0 Å². The summed E-state index contributed by atoms with van der Waals surface area (Å²) < 4.78 is 2.20. The first-order valence-electron chi connectivity index (χ1n) is 6.08. The van der Waals surface area contributed by atoms with E-state index in [0.29, 0.717) is 6.04 Å². The largest absolute Gasteiger partial charge is 0.383 e. The van der Waals surface area contributed by atoms with Gasteiger partial charge in [-0.25, -0.2) is 4.98 Å². The minimum atomic E-state index is 0.572. The normalized spacial score (nSPS) is 15.1. The fourth-order valence-electron chi connectivity index (χ4n) is 2.20. The van der Waals surface area contributed by atoms with Crippen LogP contribution in [-0.2, 0) is 6.42 Å². The van der Waals surface area contributed by atoms with Gasteiger partial charge in [0.25, 0.3) is 0 Å². The van der Waals surface area contributed by atoms with E-state index in [9.17, 15) is 0 Å². The molecular weight excluding hydrogens is 212 g/mol. The number of anilines is 1. The van der Waals surface area contributed by atoms with Crippen molar-refractivity contribution in [1.82, 2.24) is 14.5 Å². The zero-order chi connectivity index (χ0) is 11.8. The van der Waals surface area contributed by atoms with Crippen molar-refractivity contribution in [2.75, 3.05) is 5.73 Å². The average molecular weight is 228 g/mol. The minimum Gasteiger partial charge on any atom is -0.383 e. The monoisotopic (exact) mass is 228 g/mol. The highest BCUT2D eigenvalue weighted by atomic mass is 15.2. The summed E-state index contributed by atoms with van der Waals surface area (Å²) in [7, 11) is 0. The molecule has 1 aliphatic rings. The summed E-state index contributed by atoms with van der Waals surface area (Å²) in [5.41, 5.74) is 8.10. The smallest absolute Gasteiger partial charge is 0.132 e. The van der Waals surface area contributed by atoms with Gasteiger partial charge in [0.05, 0.1) is 0 Å². The molecule has 88 valence electrons. The molecule has 1 fully saturated rings. The molecule has 2 N–H and O–H groups in total. The van der Waals surface area contributed by atoms with E-state index in [2.05, 4.69) is 21.5 Å². The maximum absolute atomic E-state index is 6.23. The predicted octanol–water partition coefficient (Wildman–Crippen LogP) is 2.42. The van der Waals surface area contributed by atoms with Gasteiger partial charge in [0.15, 0.2) is 0 Å². The molecule has 0 spiro atoms. The van der Waals surface area contributed by atoms with Gasteiger partial charge in [-0.3, -0.25) is 4.98 Å². The van der Waals surface area contributed by atoms with Crippen LogP contribution in [0.3, 0.4) is 0 Å². The molecule has 1 saturated carbocycles. The third kappa shape index (κ3) is 1.69. The summed E-state index contributed by atoms with van der Waals surface area (Å²) in [6.07, 6.45) is 6.94. The average Bonchev–Trinajstić information content (AvgIpc) is 3.14. The van der Waals surface area contributed by atoms with Crippen LogP contribution >= 0.6 is 0 Å². The van der Waals surface area contributed by atoms with Gasteiger partial charge in [-0.1, -0.05) is 6.92 Å². The number of pyridine rings is 1. The van der Waals surface area contributed by atoms with Crippen LogP contribution in [0.4, 0.5) is 5.82 Å². The molecule has 2 aromatic heterocycles. The molecule has 0 saturated heterocycles. The Morgan fingerprint density at radius 1 is 1.47 bits per heavy atom. The predicted molar refractivity (Wildman–Crippen MR) is 67.5 cm³/mol. The van der Waals surface area contributed by atoms with Crippen LogP contribution in [0.2, 0.25) is 0 Å². The SMILES string of the molecule is CCc1nc(-c2cccnc2)c(N)n1C1CC1. The van der Waals surface area contributed by atoms with E-state index in [-0.39, 0.29) is 0 Å². The quantitative estimate of drug-likeness (QED) is 0.877. The maximum Gasteiger partial charge on any atom is 0.132 e. The zero-order valence-corrected chi connectivity index (χ0v) is 9.93. The number of nitrogens with two attached hydrogens (primary N) is 1. The zero-order valence-electron chi connectivity index (χ0n) is 9.93. The van der Waals surface area contributed by atoms with Crippen molar-refractivity contribution in [2.45, 2.75) is 32.2 Å². The van der Waals surface area contributed by atoms with Gasteiger partial charge < -0.3 is 10.3 Å². The Labute approximate surface area is 101 Å². The lowest BCUT2D eigenvalue weighted by Gasteiger charge is -2.06. The summed E-state index contributed by atoms with van der Waals surface area (Å²) in [6.45, 7) is 2.12. The van der Waals surface area contributed by atoms with Crippen molar-refractivity contribution >= 4 is 5.82 Å². The van der Waals surface area contributed by atoms with Gasteiger partial charge in [0.2, 0.25) is 0 Å². The van der Waals surface area contributed by atoms with E-state index >= 15 is 0 Å². The van der Waals surface area contributed by atoms with Gasteiger partial charge in [-0.2, -0.15) is 0 Å². The molecule has 0 amide bonds. The molecule has 0 radical (unpaired) electrons. The fraction of sp³-hybridized carbons (Fsp3) is 0.385. The molecule has 2 heterocycles. The maximum atomic E-state index is 6.23. The van der Waals surface area contributed by atoms with Crippen molar-refractivity contribution < 1.29 is 0 Å². The second-order valence-corrected chi connectivity index (χ2v) is 4.46. The second kappa shape index (κ2) is 3.87. The van der Waals surface area contributed by atoms with Crippen molar-refractivity contribution in [3.8, 4) is 11.3 Å². The van der Waals surface area contributed by atoms with Gasteiger partial charge in [-0.05, 0) is 25.0 Å². The van der Waals surface area contributed by atoms with E-state index in [4.69, 9.17) is 5.73 Å². The fourth-order valence-corrected chi connectivity index (χ4v) is 2.20. The molecule has 0 bridgehead atoms. The Kier molecular flexibility index (Phi) is 2.35. The molecule has 0 aliphatic heterocycles. The summed E-state index contributed by atoms with van der Waals surface area (Å²) >= 11 is 0. The number of aromatic nitrogens is 3. The number of imidazole rings is 1. The number of rotatable bonds is 3. The number of hydrogen-bond donors (Lipinski definition) is 1. The summed E-state index contributed by atoms with van der Waals surface area (Å²) in [5.74, 6) is 1.88. The van der Waals surface area contributed by atoms with Gasteiger partial charge >= 0.3 is 0 Å². The van der Waals surface area contributed by atoms with Crippen LogP contribution in [0.1, 0.15) is 31.6 Å². The number of aryl methyl sites for hydroxylation is 1. The molecule has 1 aliphatic carbocycles. The first-order chi connectivity index (χ1) is 8.31. The van der Waals surface area contributed by atoms with Gasteiger partial charge in [0, 0.05) is 30.4 Å². The highest BCUT2D eigenvalue weighted by Crippen LogP contribution is 2.40. The highest BCUT2D eigenvalue weighted by molar-refractivity contribution is 5.70. The number of nitrogens with zero attached hydrogens (tertiary/aromatic N) is 3. The van der Waals surface area contributed by atoms with E-state index in [1.54, 1.807) is 6.20 Å². The molecule has 4 nitrogen and oxygen atoms in total. The summed E-state index contributed by atoms with van der Waals surface area (Å²) in [4.78, 5) is 8.78. The van der Waals surface area contributed by atoms with E-state index in [0.717, 1.165) is 29.3 Å². The van der Waals surface area contributed by atoms with Crippen LogP contribution in [0, 0.1) is 0 Å². The molecule has 4 heteroatoms. The second-order valence-electron chi connectivity index (χ2n) is 4.46. The van der Waals surface area contributed by atoms with Crippen LogP contribution in [0.15, 0.2) is 24.5 Å². The molecule has 0 aromatic carbocycles. The van der Waals surface area contributed by atoms with Crippen molar-refractivity contribution in [3.63, 3.8) is 0 Å². The number of nitrogen functional groups attached to an aromatic ring is 1. The first kappa shape index (κ1) is 10.3. The van der Waals surface area contributed by atoms with Crippen molar-refractivity contribution in [2.24, 2.45) is 0 Å². The van der Waals surface area contributed by atoms with E-state index in [1.807, 2.05) is 18.3 Å². The van der Waals surface area contributed by atoms with E-state index in [1.165, 1.54) is 12.8 Å². The van der Waals surface area contributed by atoms with Crippen LogP contribution in [-0.4, -0.2) is 14.5 Å². The molecular formula is C13H16N4. The van der Waals surface area contributed by atoms with Gasteiger partial charge in [0.1, 0.15) is 17.3 Å².